The monoisotopic (exact) mass is 284 g/mol. The molecule has 0 unspecified atom stereocenters. The molecule has 5 heteroatoms. The maximum absolute atomic E-state index is 11.9. The van der Waals surface area contributed by atoms with Crippen LogP contribution in [0.1, 0.15) is 25.3 Å². The van der Waals surface area contributed by atoms with Crippen molar-refractivity contribution >= 4 is 22.6 Å². The Balaban J connectivity index is 1.74. The van der Waals surface area contributed by atoms with Crippen LogP contribution in [-0.4, -0.2) is 40.5 Å². The lowest BCUT2D eigenvalue weighted by Crippen LogP contribution is -2.42. The molecule has 0 aromatic carbocycles. The van der Waals surface area contributed by atoms with Gasteiger partial charge in [0, 0.05) is 37.6 Å². The quantitative estimate of drug-likeness (QED) is 0.910. The van der Waals surface area contributed by atoms with Crippen LogP contribution >= 0.6 is 0 Å². The Hall–Kier alpha value is -2.30. The second-order valence-electron chi connectivity index (χ2n) is 5.26. The molecular formula is C16H20N4O. The molecule has 2 N–H and O–H groups in total. The summed E-state index contributed by atoms with van der Waals surface area (Å²) in [5.74, 6) is 0. The standard InChI is InChI=1S/C16H20N4O/c1-2-7-18-16(21)20-9-5-12(6-10-20)13-11-19-14-4-3-8-17-15(13)14/h3-5,8,11,19H,2,6-7,9-10H2,1H3,(H,18,21). The first-order valence-electron chi connectivity index (χ1n) is 7.44. The van der Waals surface area contributed by atoms with Crippen LogP contribution in [0.25, 0.3) is 16.6 Å². The van der Waals surface area contributed by atoms with Gasteiger partial charge in [0.05, 0.1) is 11.0 Å². The van der Waals surface area contributed by atoms with E-state index in [0.29, 0.717) is 6.54 Å². The van der Waals surface area contributed by atoms with Crippen LogP contribution in [0.3, 0.4) is 0 Å². The first-order chi connectivity index (χ1) is 10.3. The number of nitrogens with zero attached hydrogens (tertiary/aromatic N) is 2. The van der Waals surface area contributed by atoms with Gasteiger partial charge in [-0.1, -0.05) is 13.0 Å². The largest absolute Gasteiger partial charge is 0.359 e. The number of aromatic nitrogens is 2. The van der Waals surface area contributed by atoms with Crippen molar-refractivity contribution in [2.24, 2.45) is 0 Å². The van der Waals surface area contributed by atoms with Crippen molar-refractivity contribution in [2.75, 3.05) is 19.6 Å². The molecule has 0 radical (unpaired) electrons. The van der Waals surface area contributed by atoms with Gasteiger partial charge >= 0.3 is 6.03 Å². The Morgan fingerprint density at radius 3 is 3.19 bits per heavy atom. The lowest BCUT2D eigenvalue weighted by molar-refractivity contribution is 0.203. The summed E-state index contributed by atoms with van der Waals surface area (Å²) in [5, 5.41) is 2.92. The number of hydrogen-bond acceptors (Lipinski definition) is 2. The molecule has 5 nitrogen and oxygen atoms in total. The topological polar surface area (TPSA) is 61.0 Å². The molecular weight excluding hydrogens is 264 g/mol. The molecule has 0 atom stereocenters. The summed E-state index contributed by atoms with van der Waals surface area (Å²) < 4.78 is 0. The van der Waals surface area contributed by atoms with Crippen LogP contribution in [0.5, 0.6) is 0 Å². The van der Waals surface area contributed by atoms with Gasteiger partial charge < -0.3 is 15.2 Å². The summed E-state index contributed by atoms with van der Waals surface area (Å²) >= 11 is 0. The highest BCUT2D eigenvalue weighted by Crippen LogP contribution is 2.27. The van der Waals surface area contributed by atoms with E-state index in [4.69, 9.17) is 0 Å². The number of pyridine rings is 1. The van der Waals surface area contributed by atoms with Gasteiger partial charge in [0.15, 0.2) is 0 Å². The third-order valence-corrected chi connectivity index (χ3v) is 3.80. The molecule has 3 rings (SSSR count). The molecule has 0 spiro atoms. The summed E-state index contributed by atoms with van der Waals surface area (Å²) in [5.41, 5.74) is 4.47. The number of rotatable bonds is 3. The summed E-state index contributed by atoms with van der Waals surface area (Å²) in [6.07, 6.45) is 7.78. The van der Waals surface area contributed by atoms with Crippen LogP contribution in [0.2, 0.25) is 0 Å². The van der Waals surface area contributed by atoms with Crippen molar-refractivity contribution in [3.63, 3.8) is 0 Å². The zero-order chi connectivity index (χ0) is 14.7. The van der Waals surface area contributed by atoms with Gasteiger partial charge in [-0.15, -0.1) is 0 Å². The molecule has 0 saturated heterocycles. The van der Waals surface area contributed by atoms with Crippen molar-refractivity contribution in [2.45, 2.75) is 19.8 Å². The fourth-order valence-electron chi connectivity index (χ4n) is 2.64. The number of hydrogen-bond donors (Lipinski definition) is 2. The predicted octanol–water partition coefficient (Wildman–Crippen LogP) is 2.77. The molecule has 21 heavy (non-hydrogen) atoms. The molecule has 2 aromatic heterocycles. The van der Waals surface area contributed by atoms with E-state index < -0.39 is 0 Å². The highest BCUT2D eigenvalue weighted by atomic mass is 16.2. The van der Waals surface area contributed by atoms with Crippen molar-refractivity contribution in [1.82, 2.24) is 20.2 Å². The SMILES string of the molecule is CCCNC(=O)N1CC=C(c2c[nH]c3cccnc23)CC1. The number of fused-ring (bicyclic) bond motifs is 1. The summed E-state index contributed by atoms with van der Waals surface area (Å²) in [4.78, 5) is 21.5. The highest BCUT2D eigenvalue weighted by Gasteiger charge is 2.19. The second kappa shape index (κ2) is 5.99. The molecule has 2 aromatic rings. The maximum Gasteiger partial charge on any atom is 0.317 e. The van der Waals surface area contributed by atoms with E-state index in [9.17, 15) is 4.79 Å². The number of H-pyrrole nitrogens is 1. The van der Waals surface area contributed by atoms with E-state index in [0.717, 1.165) is 42.5 Å². The fraction of sp³-hybridized carbons (Fsp3) is 0.375. The molecule has 1 aliphatic rings. The Kier molecular flexibility index (Phi) is 3.90. The third kappa shape index (κ3) is 2.77. The average Bonchev–Trinajstić information content (AvgIpc) is 2.97. The molecule has 0 aliphatic carbocycles. The zero-order valence-electron chi connectivity index (χ0n) is 12.2. The first-order valence-corrected chi connectivity index (χ1v) is 7.44. The first kappa shape index (κ1) is 13.7. The average molecular weight is 284 g/mol. The minimum atomic E-state index is 0.0317. The lowest BCUT2D eigenvalue weighted by Gasteiger charge is -2.26. The summed E-state index contributed by atoms with van der Waals surface area (Å²) in [7, 11) is 0. The molecule has 110 valence electrons. The fourth-order valence-corrected chi connectivity index (χ4v) is 2.64. The number of amides is 2. The minimum Gasteiger partial charge on any atom is -0.359 e. The van der Waals surface area contributed by atoms with E-state index in [1.165, 1.54) is 5.57 Å². The Labute approximate surface area is 124 Å². The summed E-state index contributed by atoms with van der Waals surface area (Å²) in [6, 6.07) is 3.99. The van der Waals surface area contributed by atoms with E-state index in [1.54, 1.807) is 0 Å². The van der Waals surface area contributed by atoms with Crippen LogP contribution in [0, 0.1) is 0 Å². The van der Waals surface area contributed by atoms with E-state index in [1.807, 2.05) is 29.4 Å². The van der Waals surface area contributed by atoms with Crippen LogP contribution < -0.4 is 5.32 Å². The zero-order valence-corrected chi connectivity index (χ0v) is 12.2. The molecule has 3 heterocycles. The number of carbonyl (C=O) groups excluding carboxylic acids is 1. The highest BCUT2D eigenvalue weighted by molar-refractivity contribution is 5.90. The molecule has 0 saturated carbocycles. The lowest BCUT2D eigenvalue weighted by atomic mass is 10.0. The van der Waals surface area contributed by atoms with Gasteiger partial charge in [0.2, 0.25) is 0 Å². The maximum atomic E-state index is 11.9. The number of nitrogens with one attached hydrogen (secondary N) is 2. The summed E-state index contributed by atoms with van der Waals surface area (Å²) in [6.45, 7) is 4.20. The molecule has 0 bridgehead atoms. The minimum absolute atomic E-state index is 0.0317. The van der Waals surface area contributed by atoms with E-state index >= 15 is 0 Å². The second-order valence-corrected chi connectivity index (χ2v) is 5.26. The normalized spacial score (nSPS) is 15.1. The molecule has 1 aliphatic heterocycles. The Bertz CT molecular complexity index is 674. The third-order valence-electron chi connectivity index (χ3n) is 3.80. The molecule has 0 fully saturated rings. The van der Waals surface area contributed by atoms with Crippen molar-refractivity contribution < 1.29 is 4.79 Å². The van der Waals surface area contributed by atoms with Crippen molar-refractivity contribution in [3.8, 4) is 0 Å². The van der Waals surface area contributed by atoms with Crippen LogP contribution in [0.15, 0.2) is 30.6 Å². The van der Waals surface area contributed by atoms with Gasteiger partial charge in [0.25, 0.3) is 0 Å². The number of aromatic amines is 1. The van der Waals surface area contributed by atoms with Gasteiger partial charge in [-0.25, -0.2) is 4.79 Å². The van der Waals surface area contributed by atoms with Gasteiger partial charge in [-0.2, -0.15) is 0 Å². The van der Waals surface area contributed by atoms with E-state index in [2.05, 4.69) is 28.3 Å². The molecule has 2 amide bonds. The van der Waals surface area contributed by atoms with Crippen LogP contribution in [0.4, 0.5) is 4.79 Å². The smallest absolute Gasteiger partial charge is 0.317 e. The van der Waals surface area contributed by atoms with Crippen LogP contribution in [-0.2, 0) is 0 Å². The van der Waals surface area contributed by atoms with Gasteiger partial charge in [-0.3, -0.25) is 4.98 Å². The van der Waals surface area contributed by atoms with Crippen molar-refractivity contribution in [1.29, 1.82) is 0 Å². The Morgan fingerprint density at radius 1 is 1.52 bits per heavy atom. The van der Waals surface area contributed by atoms with Gasteiger partial charge in [0.1, 0.15) is 0 Å². The van der Waals surface area contributed by atoms with Crippen molar-refractivity contribution in [3.05, 3.63) is 36.2 Å². The van der Waals surface area contributed by atoms with Gasteiger partial charge in [-0.05, 0) is 30.5 Å². The van der Waals surface area contributed by atoms with E-state index in [-0.39, 0.29) is 6.03 Å². The number of urea groups is 1. The Morgan fingerprint density at radius 2 is 2.43 bits per heavy atom. The number of carbonyl (C=O) groups is 1. The predicted molar refractivity (Wildman–Crippen MR) is 84.0 cm³/mol.